The van der Waals surface area contributed by atoms with Gasteiger partial charge in [-0.05, 0) is 12.8 Å². The van der Waals surface area contributed by atoms with E-state index >= 15 is 0 Å². The molecule has 0 saturated heterocycles. The molecule has 1 aromatic carbocycles. The summed E-state index contributed by atoms with van der Waals surface area (Å²) in [5.41, 5.74) is 1.34. The number of quaternary nitrogens is 1. The van der Waals surface area contributed by atoms with Crippen LogP contribution in [0.15, 0.2) is 30.3 Å². The van der Waals surface area contributed by atoms with Crippen molar-refractivity contribution in [1.82, 2.24) is 0 Å². The van der Waals surface area contributed by atoms with E-state index in [-0.39, 0.29) is 0 Å². The molecule has 6 heteroatoms. The van der Waals surface area contributed by atoms with Gasteiger partial charge in [-0.3, -0.25) is 0 Å². The van der Waals surface area contributed by atoms with Crippen LogP contribution < -0.4 is 5.84 Å². The second-order valence-corrected chi connectivity index (χ2v) is 9.37. The van der Waals surface area contributed by atoms with Gasteiger partial charge in [-0.1, -0.05) is 127 Å². The van der Waals surface area contributed by atoms with Gasteiger partial charge < -0.3 is 15.3 Å². The molecule has 0 spiro atoms. The Labute approximate surface area is 196 Å². The number of rotatable bonds is 19. The Balaban J connectivity index is 0.00000220. The Morgan fingerprint density at radius 1 is 0.719 bits per heavy atom. The molecule has 0 aliphatic heterocycles. The van der Waals surface area contributed by atoms with Crippen LogP contribution in [0.1, 0.15) is 115 Å². The average molecular weight is 452 g/mol. The lowest BCUT2D eigenvalue weighted by atomic mass is 10.0. The summed E-state index contributed by atoms with van der Waals surface area (Å²) in [4.78, 5) is 8.25. The van der Waals surface area contributed by atoms with E-state index in [9.17, 15) is 0 Å². The predicted octanol–water partition coefficient (Wildman–Crippen LogP) is 7.53. The molecule has 1 unspecified atom stereocenters. The molecule has 1 atom stereocenters. The van der Waals surface area contributed by atoms with Crippen molar-refractivity contribution in [1.29, 1.82) is 0 Å². The Hall–Kier alpha value is -1.66. The van der Waals surface area contributed by atoms with Gasteiger partial charge in [0.1, 0.15) is 6.54 Å². The highest BCUT2D eigenvalue weighted by Crippen LogP contribution is 2.14. The van der Waals surface area contributed by atoms with Gasteiger partial charge in [0.05, 0.1) is 18.7 Å². The molecule has 0 saturated carbocycles. The third-order valence-corrected chi connectivity index (χ3v) is 5.91. The molecule has 0 aromatic heterocycles. The smallest absolute Gasteiger partial charge is 0.121 e. The third kappa shape index (κ3) is 23.0. The van der Waals surface area contributed by atoms with Crippen molar-refractivity contribution >= 4 is 0 Å². The quantitative estimate of drug-likeness (QED) is 0.0773. The summed E-state index contributed by atoms with van der Waals surface area (Å²) in [6, 6.07) is 10.6. The Bertz CT molecular complexity index is 534. The number of hydrogen-bond acceptors (Lipinski definition) is 4. The standard InChI is InChI=1S/C26H49N2.NO3/c1-3-4-5-6-7-8-9-10-11-12-13-14-15-16-17-21-24-28(2,27)25-26-22-19-18-20-23-26;2-1(3)4/h18-20,22-23H,3-17,21,24-25,27H2,1-2H3;/q+1;-1. The normalized spacial score (nSPS) is 12.6. The first-order valence-corrected chi connectivity index (χ1v) is 12.9. The molecule has 0 aliphatic carbocycles. The summed E-state index contributed by atoms with van der Waals surface area (Å²) in [5.74, 6) is 6.45. The van der Waals surface area contributed by atoms with E-state index in [1.165, 1.54) is 108 Å². The highest BCUT2D eigenvalue weighted by molar-refractivity contribution is 5.13. The summed E-state index contributed by atoms with van der Waals surface area (Å²) in [5, 5.41) is 14.8. The first-order valence-electron chi connectivity index (χ1n) is 12.9. The maximum Gasteiger partial charge on any atom is 0.121 e. The zero-order valence-electron chi connectivity index (χ0n) is 20.8. The van der Waals surface area contributed by atoms with Gasteiger partial charge in [0.15, 0.2) is 0 Å². The summed E-state index contributed by atoms with van der Waals surface area (Å²) >= 11 is 0. The first kappa shape index (κ1) is 30.3. The van der Waals surface area contributed by atoms with Crippen LogP contribution in [0.2, 0.25) is 0 Å². The lowest BCUT2D eigenvalue weighted by Crippen LogP contribution is -2.50. The zero-order valence-corrected chi connectivity index (χ0v) is 20.8. The van der Waals surface area contributed by atoms with E-state index in [0.29, 0.717) is 4.59 Å². The molecule has 0 heterocycles. The number of benzene rings is 1. The van der Waals surface area contributed by atoms with Gasteiger partial charge in [0.2, 0.25) is 0 Å². The molecule has 186 valence electrons. The Morgan fingerprint density at radius 3 is 1.44 bits per heavy atom. The molecular formula is C26H49N3O3. The highest BCUT2D eigenvalue weighted by Gasteiger charge is 2.16. The molecule has 2 N–H and O–H groups in total. The summed E-state index contributed by atoms with van der Waals surface area (Å²) in [6.07, 6.45) is 22.7. The lowest BCUT2D eigenvalue weighted by molar-refractivity contribution is -0.934. The second kappa shape index (κ2) is 21.2. The van der Waals surface area contributed by atoms with Gasteiger partial charge in [0.25, 0.3) is 0 Å². The van der Waals surface area contributed by atoms with Crippen LogP contribution in [0, 0.1) is 15.3 Å². The minimum Gasteiger partial charge on any atom is -0.356 e. The van der Waals surface area contributed by atoms with E-state index in [2.05, 4.69) is 44.3 Å². The third-order valence-electron chi connectivity index (χ3n) is 5.91. The highest BCUT2D eigenvalue weighted by atomic mass is 16.9. The maximum atomic E-state index is 8.25. The Morgan fingerprint density at radius 2 is 1.06 bits per heavy atom. The fourth-order valence-electron chi connectivity index (χ4n) is 4.10. The predicted molar refractivity (Wildman–Crippen MR) is 135 cm³/mol. The van der Waals surface area contributed by atoms with Crippen LogP contribution in [0.3, 0.4) is 0 Å². The summed E-state index contributed by atoms with van der Waals surface area (Å²) in [7, 11) is 2.15. The fraction of sp³-hybridized carbons (Fsp3) is 0.769. The number of hydrogen-bond donors (Lipinski definition) is 1. The summed E-state index contributed by atoms with van der Waals surface area (Å²) in [6.45, 7) is 4.30. The van der Waals surface area contributed by atoms with Crippen molar-refractivity contribution in [3.05, 3.63) is 51.2 Å². The van der Waals surface area contributed by atoms with Crippen LogP contribution in [0.4, 0.5) is 0 Å². The fourth-order valence-corrected chi connectivity index (χ4v) is 4.10. The van der Waals surface area contributed by atoms with Crippen molar-refractivity contribution in [2.75, 3.05) is 13.6 Å². The van der Waals surface area contributed by atoms with Crippen LogP contribution in [-0.4, -0.2) is 23.3 Å². The molecule has 0 radical (unpaired) electrons. The van der Waals surface area contributed by atoms with Crippen molar-refractivity contribution in [2.45, 2.75) is 116 Å². The van der Waals surface area contributed by atoms with E-state index < -0.39 is 5.09 Å². The van der Waals surface area contributed by atoms with E-state index in [0.717, 1.165) is 13.1 Å². The summed E-state index contributed by atoms with van der Waals surface area (Å²) < 4.78 is 0.614. The maximum absolute atomic E-state index is 8.25. The van der Waals surface area contributed by atoms with E-state index in [4.69, 9.17) is 21.2 Å². The molecule has 0 aliphatic rings. The zero-order chi connectivity index (χ0) is 23.9. The number of unbranched alkanes of at least 4 members (excludes halogenated alkanes) is 15. The topological polar surface area (TPSA) is 92.2 Å². The molecule has 0 fully saturated rings. The molecule has 6 nitrogen and oxygen atoms in total. The van der Waals surface area contributed by atoms with Gasteiger partial charge in [-0.15, -0.1) is 0 Å². The molecule has 32 heavy (non-hydrogen) atoms. The van der Waals surface area contributed by atoms with Gasteiger partial charge in [-0.25, -0.2) is 4.59 Å². The molecule has 0 amide bonds. The van der Waals surface area contributed by atoms with E-state index in [1.807, 2.05) is 0 Å². The first-order chi connectivity index (χ1) is 15.4. The minimum absolute atomic E-state index is 0.614. The number of nitrogens with zero attached hydrogens (tertiary/aromatic N) is 2. The van der Waals surface area contributed by atoms with Crippen LogP contribution in [-0.2, 0) is 6.54 Å². The Kier molecular flexibility index (Phi) is 20.1. The van der Waals surface area contributed by atoms with Crippen LogP contribution >= 0.6 is 0 Å². The molecular weight excluding hydrogens is 402 g/mol. The van der Waals surface area contributed by atoms with Crippen molar-refractivity contribution in [3.8, 4) is 0 Å². The SMILES string of the molecule is CCCCCCCCCCCCCCCCCC[N+](C)(N)Cc1ccccc1.O=[N+]([O-])[O-]. The van der Waals surface area contributed by atoms with Gasteiger partial charge in [-0.2, -0.15) is 5.84 Å². The lowest BCUT2D eigenvalue weighted by Gasteiger charge is -2.28. The average Bonchev–Trinajstić information content (AvgIpc) is 2.73. The monoisotopic (exact) mass is 451 g/mol. The van der Waals surface area contributed by atoms with Gasteiger partial charge >= 0.3 is 0 Å². The van der Waals surface area contributed by atoms with E-state index in [1.54, 1.807) is 0 Å². The van der Waals surface area contributed by atoms with Crippen LogP contribution in [0.5, 0.6) is 0 Å². The van der Waals surface area contributed by atoms with Crippen LogP contribution in [0.25, 0.3) is 0 Å². The largest absolute Gasteiger partial charge is 0.356 e. The van der Waals surface area contributed by atoms with Crippen molar-refractivity contribution < 1.29 is 9.68 Å². The molecule has 0 bridgehead atoms. The van der Waals surface area contributed by atoms with Gasteiger partial charge in [0, 0.05) is 5.56 Å². The molecule has 1 aromatic rings. The van der Waals surface area contributed by atoms with Crippen molar-refractivity contribution in [3.63, 3.8) is 0 Å². The van der Waals surface area contributed by atoms with Crippen molar-refractivity contribution in [2.24, 2.45) is 5.84 Å². The molecule has 1 rings (SSSR count). The minimum atomic E-state index is -1.75. The number of nitrogens with two attached hydrogens (primary N) is 1. The second-order valence-electron chi connectivity index (χ2n) is 9.37.